The maximum Gasteiger partial charge on any atom is 0.271 e. The summed E-state index contributed by atoms with van der Waals surface area (Å²) in [6.07, 6.45) is 3.84. The zero-order valence-electron chi connectivity index (χ0n) is 15.4. The van der Waals surface area contributed by atoms with Crippen LogP contribution in [0.2, 0.25) is 0 Å². The van der Waals surface area contributed by atoms with Crippen LogP contribution in [0.5, 0.6) is 0 Å². The van der Waals surface area contributed by atoms with Crippen LogP contribution in [-0.2, 0) is 0 Å². The second-order valence-corrected chi connectivity index (χ2v) is 6.95. The van der Waals surface area contributed by atoms with Gasteiger partial charge in [-0.05, 0) is 51.0 Å². The Bertz CT molecular complexity index is 547. The predicted molar refractivity (Wildman–Crippen MR) is 99.0 cm³/mol. The lowest BCUT2D eigenvalue weighted by Gasteiger charge is -2.43. The Morgan fingerprint density at radius 2 is 1.84 bits per heavy atom. The van der Waals surface area contributed by atoms with Gasteiger partial charge in [-0.15, -0.1) is 10.2 Å². The molecule has 0 bridgehead atoms. The number of aromatic nitrogens is 2. The fraction of sp³-hybridized carbons (Fsp3) is 0.722. The fourth-order valence-electron chi connectivity index (χ4n) is 3.88. The van der Waals surface area contributed by atoms with E-state index in [1.807, 2.05) is 6.07 Å². The maximum atomic E-state index is 11.5. The SMILES string of the molecule is CCCN1CCC(N2CCN(c3ccc(C(=O)NC)nn3)CC2)CC1. The minimum atomic E-state index is -0.196. The van der Waals surface area contributed by atoms with Gasteiger partial charge < -0.3 is 15.1 Å². The van der Waals surface area contributed by atoms with E-state index in [1.54, 1.807) is 13.1 Å². The standard InChI is InChI=1S/C18H30N6O/c1-3-8-22-9-6-15(7-10-22)23-11-13-24(14-12-23)17-5-4-16(20-21-17)18(25)19-2/h4-5,15H,3,6-14H2,1-2H3,(H,19,25). The minimum Gasteiger partial charge on any atom is -0.354 e. The van der Waals surface area contributed by atoms with E-state index in [4.69, 9.17) is 0 Å². The quantitative estimate of drug-likeness (QED) is 0.852. The van der Waals surface area contributed by atoms with Gasteiger partial charge in [0.25, 0.3) is 5.91 Å². The van der Waals surface area contributed by atoms with Crippen molar-refractivity contribution in [3.8, 4) is 0 Å². The zero-order chi connectivity index (χ0) is 17.6. The van der Waals surface area contributed by atoms with E-state index in [1.165, 1.54) is 38.9 Å². The molecule has 1 aromatic rings. The molecule has 3 heterocycles. The van der Waals surface area contributed by atoms with E-state index < -0.39 is 0 Å². The van der Waals surface area contributed by atoms with Gasteiger partial charge in [-0.1, -0.05) is 6.92 Å². The molecule has 0 spiro atoms. The van der Waals surface area contributed by atoms with Crippen molar-refractivity contribution in [2.24, 2.45) is 0 Å². The lowest BCUT2D eigenvalue weighted by molar-refractivity contribution is 0.0957. The van der Waals surface area contributed by atoms with Gasteiger partial charge in [0.1, 0.15) is 0 Å². The lowest BCUT2D eigenvalue weighted by atomic mass is 10.0. The molecule has 1 N–H and O–H groups in total. The van der Waals surface area contributed by atoms with E-state index in [-0.39, 0.29) is 5.91 Å². The number of piperidine rings is 1. The smallest absolute Gasteiger partial charge is 0.271 e. The van der Waals surface area contributed by atoms with Crippen LogP contribution in [0.3, 0.4) is 0 Å². The van der Waals surface area contributed by atoms with Gasteiger partial charge in [0.05, 0.1) is 0 Å². The molecule has 0 aliphatic carbocycles. The molecule has 2 aliphatic rings. The average molecular weight is 346 g/mol. The number of piperazine rings is 1. The van der Waals surface area contributed by atoms with Crippen molar-refractivity contribution < 1.29 is 4.79 Å². The van der Waals surface area contributed by atoms with E-state index >= 15 is 0 Å². The van der Waals surface area contributed by atoms with Crippen LogP contribution < -0.4 is 10.2 Å². The van der Waals surface area contributed by atoms with Gasteiger partial charge >= 0.3 is 0 Å². The van der Waals surface area contributed by atoms with Crippen molar-refractivity contribution >= 4 is 11.7 Å². The molecule has 0 radical (unpaired) electrons. The molecule has 138 valence electrons. The zero-order valence-corrected chi connectivity index (χ0v) is 15.4. The van der Waals surface area contributed by atoms with Gasteiger partial charge in [0, 0.05) is 39.3 Å². The third kappa shape index (κ3) is 4.46. The number of nitrogens with one attached hydrogen (secondary N) is 1. The van der Waals surface area contributed by atoms with Crippen LogP contribution in [0.4, 0.5) is 5.82 Å². The Labute approximate surface area is 150 Å². The first-order valence-corrected chi connectivity index (χ1v) is 9.48. The third-order valence-electron chi connectivity index (χ3n) is 5.36. The van der Waals surface area contributed by atoms with Gasteiger partial charge in [0.15, 0.2) is 11.5 Å². The number of anilines is 1. The molecule has 2 aliphatic heterocycles. The van der Waals surface area contributed by atoms with Crippen LogP contribution in [0.1, 0.15) is 36.7 Å². The molecule has 3 rings (SSSR count). The molecule has 7 nitrogen and oxygen atoms in total. The Hall–Kier alpha value is -1.73. The van der Waals surface area contributed by atoms with Gasteiger partial charge in [-0.3, -0.25) is 9.69 Å². The first-order valence-electron chi connectivity index (χ1n) is 9.48. The first-order chi connectivity index (χ1) is 12.2. The first kappa shape index (κ1) is 18.1. The summed E-state index contributed by atoms with van der Waals surface area (Å²) >= 11 is 0. The monoisotopic (exact) mass is 346 g/mol. The Kier molecular flexibility index (Phi) is 6.20. The molecule has 0 aromatic carbocycles. The molecule has 0 unspecified atom stereocenters. The highest BCUT2D eigenvalue weighted by Gasteiger charge is 2.27. The van der Waals surface area contributed by atoms with Gasteiger partial charge in [-0.2, -0.15) is 0 Å². The number of likely N-dealkylation sites (tertiary alicyclic amines) is 1. The predicted octanol–water partition coefficient (Wildman–Crippen LogP) is 0.833. The summed E-state index contributed by atoms with van der Waals surface area (Å²) < 4.78 is 0. The Balaban J connectivity index is 1.48. The third-order valence-corrected chi connectivity index (χ3v) is 5.36. The summed E-state index contributed by atoms with van der Waals surface area (Å²) in [5.41, 5.74) is 0.365. The van der Waals surface area contributed by atoms with Crippen molar-refractivity contribution in [1.29, 1.82) is 0 Å². The normalized spacial score (nSPS) is 20.6. The summed E-state index contributed by atoms with van der Waals surface area (Å²) in [7, 11) is 1.60. The number of carbonyl (C=O) groups excluding carboxylic acids is 1. The average Bonchev–Trinajstić information content (AvgIpc) is 2.68. The highest BCUT2D eigenvalue weighted by Crippen LogP contribution is 2.20. The molecule has 1 aromatic heterocycles. The largest absolute Gasteiger partial charge is 0.354 e. The van der Waals surface area contributed by atoms with Crippen molar-refractivity contribution in [2.45, 2.75) is 32.2 Å². The highest BCUT2D eigenvalue weighted by molar-refractivity contribution is 5.91. The van der Waals surface area contributed by atoms with Crippen LogP contribution in [-0.4, -0.2) is 84.8 Å². The van der Waals surface area contributed by atoms with Crippen LogP contribution >= 0.6 is 0 Å². The topological polar surface area (TPSA) is 64.6 Å². The number of hydrogen-bond donors (Lipinski definition) is 1. The molecule has 1 amide bonds. The van der Waals surface area contributed by atoms with Crippen LogP contribution in [0.25, 0.3) is 0 Å². The van der Waals surface area contributed by atoms with Crippen LogP contribution in [0, 0.1) is 0 Å². The van der Waals surface area contributed by atoms with Crippen molar-refractivity contribution in [3.05, 3.63) is 17.8 Å². The number of nitrogens with zero attached hydrogens (tertiary/aromatic N) is 5. The molecule has 0 atom stereocenters. The summed E-state index contributed by atoms with van der Waals surface area (Å²) in [4.78, 5) is 19.1. The number of hydrogen-bond acceptors (Lipinski definition) is 6. The van der Waals surface area contributed by atoms with Gasteiger partial charge in [-0.25, -0.2) is 0 Å². The number of amides is 1. The molecular formula is C18H30N6O. The molecule has 0 saturated carbocycles. The van der Waals surface area contributed by atoms with Crippen molar-refractivity contribution in [1.82, 2.24) is 25.3 Å². The Morgan fingerprint density at radius 1 is 1.12 bits per heavy atom. The lowest BCUT2D eigenvalue weighted by Crippen LogP contribution is -2.53. The number of carbonyl (C=O) groups is 1. The fourth-order valence-corrected chi connectivity index (χ4v) is 3.88. The van der Waals surface area contributed by atoms with Gasteiger partial charge in [0.2, 0.25) is 0 Å². The van der Waals surface area contributed by atoms with Crippen molar-refractivity contribution in [2.75, 3.05) is 57.8 Å². The van der Waals surface area contributed by atoms with Crippen LogP contribution in [0.15, 0.2) is 12.1 Å². The molecule has 7 heteroatoms. The second-order valence-electron chi connectivity index (χ2n) is 6.95. The minimum absolute atomic E-state index is 0.196. The summed E-state index contributed by atoms with van der Waals surface area (Å²) in [5.74, 6) is 0.670. The van der Waals surface area contributed by atoms with E-state index in [0.717, 1.165) is 38.0 Å². The van der Waals surface area contributed by atoms with Crippen molar-refractivity contribution in [3.63, 3.8) is 0 Å². The summed E-state index contributed by atoms with van der Waals surface area (Å²) in [6.45, 7) is 10.1. The van der Waals surface area contributed by atoms with E-state index in [2.05, 4.69) is 37.1 Å². The molecule has 25 heavy (non-hydrogen) atoms. The maximum absolute atomic E-state index is 11.5. The second kappa shape index (κ2) is 8.58. The summed E-state index contributed by atoms with van der Waals surface area (Å²) in [6, 6.07) is 4.38. The van der Waals surface area contributed by atoms with E-state index in [9.17, 15) is 4.79 Å². The highest BCUT2D eigenvalue weighted by atomic mass is 16.1. The molecule has 2 fully saturated rings. The summed E-state index contributed by atoms with van der Waals surface area (Å²) in [5, 5.41) is 10.8. The Morgan fingerprint density at radius 3 is 2.40 bits per heavy atom. The molecular weight excluding hydrogens is 316 g/mol. The molecule has 2 saturated heterocycles. The van der Waals surface area contributed by atoms with E-state index in [0.29, 0.717) is 5.69 Å². The number of rotatable bonds is 5.